The smallest absolute Gasteiger partial charge is 0.130 e. The molecule has 118 valence electrons. The summed E-state index contributed by atoms with van der Waals surface area (Å²) in [5.41, 5.74) is 4.94. The second kappa shape index (κ2) is 6.81. The van der Waals surface area contributed by atoms with Gasteiger partial charge in [0.25, 0.3) is 0 Å². The molecule has 0 bridgehead atoms. The van der Waals surface area contributed by atoms with Gasteiger partial charge in [-0.05, 0) is 31.9 Å². The Hall–Kier alpha value is -1.72. The summed E-state index contributed by atoms with van der Waals surface area (Å²) in [4.78, 5) is 21.0. The third-order valence-electron chi connectivity index (χ3n) is 3.70. The number of hydrogen-bond acceptors (Lipinski definition) is 5. The summed E-state index contributed by atoms with van der Waals surface area (Å²) in [6, 6.07) is 6.51. The number of thioether (sulfide) groups is 1. The number of hydrogen-bond donors (Lipinski definition) is 0. The molecule has 0 aliphatic rings. The highest BCUT2D eigenvalue weighted by atomic mass is 32.2. The van der Waals surface area contributed by atoms with Gasteiger partial charge in [0.05, 0.1) is 5.39 Å². The highest BCUT2D eigenvalue weighted by Gasteiger charge is 2.15. The highest BCUT2D eigenvalue weighted by molar-refractivity contribution is 7.99. The van der Waals surface area contributed by atoms with E-state index >= 15 is 0 Å². The van der Waals surface area contributed by atoms with Crippen molar-refractivity contribution in [1.29, 1.82) is 0 Å². The van der Waals surface area contributed by atoms with Crippen LogP contribution in [0.2, 0.25) is 0 Å². The van der Waals surface area contributed by atoms with Crippen LogP contribution in [0.15, 0.2) is 34.9 Å². The molecule has 0 saturated heterocycles. The number of thiophene rings is 1. The molecule has 3 nitrogen and oxygen atoms in total. The summed E-state index contributed by atoms with van der Waals surface area (Å²) in [6.45, 7) is 5.87. The summed E-state index contributed by atoms with van der Waals surface area (Å²) in [5.74, 6) is 0.964. The number of benzene rings is 1. The van der Waals surface area contributed by atoms with Gasteiger partial charge in [-0.1, -0.05) is 23.8 Å². The number of aromatic nitrogens is 2. The Bertz CT molecular complexity index is 871. The van der Waals surface area contributed by atoms with E-state index < -0.39 is 0 Å². The molecule has 0 N–H and O–H groups in total. The first kappa shape index (κ1) is 16.1. The van der Waals surface area contributed by atoms with Gasteiger partial charge in [-0.25, -0.2) is 9.97 Å². The maximum Gasteiger partial charge on any atom is 0.130 e. The highest BCUT2D eigenvalue weighted by Crippen LogP contribution is 2.39. The Labute approximate surface area is 144 Å². The molecule has 0 aliphatic carbocycles. The van der Waals surface area contributed by atoms with Crippen LogP contribution in [0.5, 0.6) is 0 Å². The Balaban J connectivity index is 2.06. The topological polar surface area (TPSA) is 42.9 Å². The summed E-state index contributed by atoms with van der Waals surface area (Å²) in [7, 11) is 0. The predicted molar refractivity (Wildman–Crippen MR) is 98.3 cm³/mol. The fourth-order valence-electron chi connectivity index (χ4n) is 2.56. The first-order valence-corrected chi connectivity index (χ1v) is 9.35. The van der Waals surface area contributed by atoms with E-state index in [1.54, 1.807) is 36.3 Å². The molecule has 0 aliphatic heterocycles. The van der Waals surface area contributed by atoms with Crippen LogP contribution < -0.4 is 0 Å². The molecule has 1 aromatic carbocycles. The van der Waals surface area contributed by atoms with E-state index in [-0.39, 0.29) is 5.78 Å². The molecule has 5 heteroatoms. The summed E-state index contributed by atoms with van der Waals surface area (Å²) >= 11 is 3.28. The number of carbonyl (C=O) groups is 1. The van der Waals surface area contributed by atoms with Crippen LogP contribution in [0.25, 0.3) is 21.3 Å². The van der Waals surface area contributed by atoms with E-state index in [9.17, 15) is 4.79 Å². The first-order chi connectivity index (χ1) is 11.1. The normalized spacial score (nSPS) is 11.1. The van der Waals surface area contributed by atoms with Crippen LogP contribution in [-0.2, 0) is 4.79 Å². The molecular weight excluding hydrogens is 324 g/mol. The average molecular weight is 342 g/mol. The van der Waals surface area contributed by atoms with Gasteiger partial charge >= 0.3 is 0 Å². The van der Waals surface area contributed by atoms with Gasteiger partial charge < -0.3 is 0 Å². The Morgan fingerprint density at radius 3 is 2.78 bits per heavy atom. The summed E-state index contributed by atoms with van der Waals surface area (Å²) < 4.78 is 0. The molecule has 2 heterocycles. The third-order valence-corrected chi connectivity index (χ3v) is 5.58. The number of Topliss-reactive ketones (excluding diaryl/α,β-unsaturated/α-hetero) is 1. The second-order valence-electron chi connectivity index (χ2n) is 5.63. The Kier molecular flexibility index (Phi) is 4.78. The van der Waals surface area contributed by atoms with Crippen molar-refractivity contribution in [2.24, 2.45) is 0 Å². The first-order valence-electron chi connectivity index (χ1n) is 7.48. The summed E-state index contributed by atoms with van der Waals surface area (Å²) in [6.07, 6.45) is 2.18. The fraction of sp³-hybridized carbons (Fsp3) is 0.278. The quantitative estimate of drug-likeness (QED) is 0.481. The lowest BCUT2D eigenvalue weighted by molar-refractivity contribution is -0.116. The van der Waals surface area contributed by atoms with Crippen molar-refractivity contribution in [3.63, 3.8) is 0 Å². The van der Waals surface area contributed by atoms with Gasteiger partial charge in [-0.15, -0.1) is 23.1 Å². The van der Waals surface area contributed by atoms with E-state index in [1.807, 2.05) is 0 Å². The van der Waals surface area contributed by atoms with Crippen molar-refractivity contribution < 1.29 is 4.79 Å². The van der Waals surface area contributed by atoms with Crippen LogP contribution in [0.4, 0.5) is 0 Å². The van der Waals surface area contributed by atoms with Crippen molar-refractivity contribution >= 4 is 39.1 Å². The van der Waals surface area contributed by atoms with Crippen LogP contribution >= 0.6 is 23.1 Å². The van der Waals surface area contributed by atoms with Gasteiger partial charge in [0.1, 0.15) is 22.0 Å². The van der Waals surface area contributed by atoms with E-state index in [2.05, 4.69) is 47.4 Å². The summed E-state index contributed by atoms with van der Waals surface area (Å²) in [5, 5.41) is 4.23. The zero-order valence-corrected chi connectivity index (χ0v) is 15.1. The van der Waals surface area contributed by atoms with Crippen LogP contribution in [0.1, 0.15) is 24.5 Å². The van der Waals surface area contributed by atoms with Gasteiger partial charge in [-0.3, -0.25) is 4.79 Å². The standard InChI is InChI=1S/C18H18N2OS2/c1-11-4-5-14(12(2)8-11)15-9-23-18-16(15)17(19-10-20-18)22-7-6-13(3)21/h4-5,8-10H,6-7H2,1-3H3. The van der Waals surface area contributed by atoms with Crippen molar-refractivity contribution in [2.75, 3.05) is 5.75 Å². The SMILES string of the molecule is CC(=O)CCSc1ncnc2scc(-c3ccc(C)cc3C)c12. The minimum atomic E-state index is 0.211. The second-order valence-corrected chi connectivity index (χ2v) is 7.57. The number of fused-ring (bicyclic) bond motifs is 1. The van der Waals surface area contributed by atoms with Crippen molar-refractivity contribution in [3.8, 4) is 11.1 Å². The minimum absolute atomic E-state index is 0.211. The molecule has 0 saturated carbocycles. The molecule has 23 heavy (non-hydrogen) atoms. The number of nitrogens with zero attached hydrogens (tertiary/aromatic N) is 2. The lowest BCUT2D eigenvalue weighted by Crippen LogP contribution is -1.93. The number of rotatable bonds is 5. The predicted octanol–water partition coefficient (Wildman–Crippen LogP) is 5.05. The average Bonchev–Trinajstić information content (AvgIpc) is 2.92. The zero-order valence-electron chi connectivity index (χ0n) is 13.4. The molecule has 0 unspecified atom stereocenters. The lowest BCUT2D eigenvalue weighted by Gasteiger charge is -2.08. The molecule has 0 fully saturated rings. The molecule has 0 atom stereocenters. The molecule has 0 spiro atoms. The van der Waals surface area contributed by atoms with E-state index in [4.69, 9.17) is 0 Å². The monoisotopic (exact) mass is 342 g/mol. The number of aryl methyl sites for hydroxylation is 2. The van der Waals surface area contributed by atoms with Crippen LogP contribution in [0, 0.1) is 13.8 Å². The van der Waals surface area contributed by atoms with Gasteiger partial charge in [-0.2, -0.15) is 0 Å². The minimum Gasteiger partial charge on any atom is -0.300 e. The van der Waals surface area contributed by atoms with E-state index in [0.29, 0.717) is 6.42 Å². The molecule has 2 aromatic heterocycles. The largest absolute Gasteiger partial charge is 0.300 e. The Morgan fingerprint density at radius 2 is 2.04 bits per heavy atom. The van der Waals surface area contributed by atoms with Crippen molar-refractivity contribution in [2.45, 2.75) is 32.2 Å². The van der Waals surface area contributed by atoms with Gasteiger partial charge in [0.15, 0.2) is 0 Å². The fourth-order valence-corrected chi connectivity index (χ4v) is 4.59. The third kappa shape index (κ3) is 3.46. The molecular formula is C18H18N2OS2. The Morgan fingerprint density at radius 1 is 1.22 bits per heavy atom. The van der Waals surface area contributed by atoms with Gasteiger partial charge in [0, 0.05) is 23.1 Å². The number of carbonyl (C=O) groups excluding carboxylic acids is 1. The van der Waals surface area contributed by atoms with Crippen molar-refractivity contribution in [3.05, 3.63) is 41.0 Å². The lowest BCUT2D eigenvalue weighted by atomic mass is 9.99. The van der Waals surface area contributed by atoms with E-state index in [0.717, 1.165) is 21.0 Å². The molecule has 0 amide bonds. The van der Waals surface area contributed by atoms with Crippen LogP contribution in [-0.4, -0.2) is 21.5 Å². The van der Waals surface area contributed by atoms with E-state index in [1.165, 1.54) is 22.3 Å². The maximum atomic E-state index is 11.2. The maximum absolute atomic E-state index is 11.2. The van der Waals surface area contributed by atoms with Gasteiger partial charge in [0.2, 0.25) is 0 Å². The molecule has 0 radical (unpaired) electrons. The number of ketones is 1. The zero-order chi connectivity index (χ0) is 16.4. The molecule has 3 rings (SSSR count). The van der Waals surface area contributed by atoms with Crippen molar-refractivity contribution in [1.82, 2.24) is 9.97 Å². The molecule has 3 aromatic rings. The van der Waals surface area contributed by atoms with Crippen LogP contribution in [0.3, 0.4) is 0 Å².